The molecule has 14 heteroatoms. The van der Waals surface area contributed by atoms with Gasteiger partial charge in [0.25, 0.3) is 16.8 Å². The maximum atomic E-state index is 12.9. The number of benzene rings is 3. The van der Waals surface area contributed by atoms with Crippen molar-refractivity contribution in [2.24, 2.45) is 0 Å². The molecule has 1 fully saturated rings. The maximum absolute atomic E-state index is 12.9. The van der Waals surface area contributed by atoms with Crippen LogP contribution in [0.3, 0.4) is 0 Å². The number of carbonyl (C=O) groups excluding carboxylic acids is 3. The minimum absolute atomic E-state index is 0.0130. The number of methoxy groups -OCH3 is 1. The number of aryl methyl sites for hydroxylation is 3. The summed E-state index contributed by atoms with van der Waals surface area (Å²) >= 11 is 0.655. The minimum atomic E-state index is -4.46. The Balaban J connectivity index is 1.50. The molecule has 3 aromatic carbocycles. The largest absolute Gasteiger partial charge is 0.493 e. The lowest BCUT2D eigenvalue weighted by Crippen LogP contribution is -2.36. The number of nitrogens with zero attached hydrogens (tertiary/aromatic N) is 2. The number of nitro benzene ring substituents is 1. The van der Waals surface area contributed by atoms with Crippen LogP contribution >= 0.6 is 11.8 Å². The fourth-order valence-corrected chi connectivity index (χ4v) is 5.93. The van der Waals surface area contributed by atoms with Crippen LogP contribution in [0.1, 0.15) is 22.3 Å². The Labute approximate surface area is 245 Å². The molecule has 1 heterocycles. The number of hydrogen-bond acceptors (Lipinski definition) is 10. The van der Waals surface area contributed by atoms with Crippen molar-refractivity contribution >= 4 is 56.4 Å². The van der Waals surface area contributed by atoms with Gasteiger partial charge in [-0.3, -0.25) is 29.4 Å². The molecule has 1 saturated heterocycles. The minimum Gasteiger partial charge on any atom is -0.493 e. The quantitative estimate of drug-likeness (QED) is 0.151. The normalized spacial score (nSPS) is 14.3. The van der Waals surface area contributed by atoms with Crippen molar-refractivity contribution in [3.05, 3.63) is 91.9 Å². The Hall–Kier alpha value is -4.69. The van der Waals surface area contributed by atoms with E-state index in [2.05, 4.69) is 5.32 Å². The highest BCUT2D eigenvalue weighted by molar-refractivity contribution is 8.18. The van der Waals surface area contributed by atoms with Gasteiger partial charge in [-0.1, -0.05) is 18.2 Å². The number of rotatable bonds is 9. The molecule has 0 bridgehead atoms. The fourth-order valence-electron chi connectivity index (χ4n) is 4.13. The van der Waals surface area contributed by atoms with E-state index in [1.165, 1.54) is 50.4 Å². The molecule has 1 aliphatic rings. The van der Waals surface area contributed by atoms with Gasteiger partial charge in [-0.05, 0) is 85.6 Å². The number of nitrogens with one attached hydrogen (secondary N) is 1. The van der Waals surface area contributed by atoms with E-state index in [4.69, 9.17) is 8.92 Å². The summed E-state index contributed by atoms with van der Waals surface area (Å²) in [5, 5.41) is 13.3. The molecule has 0 radical (unpaired) electrons. The van der Waals surface area contributed by atoms with Crippen molar-refractivity contribution < 1.29 is 36.6 Å². The molecule has 3 amide bonds. The first kappa shape index (κ1) is 30.3. The summed E-state index contributed by atoms with van der Waals surface area (Å²) in [5.74, 6) is -1.41. The molecule has 218 valence electrons. The molecule has 1 N–H and O–H groups in total. The van der Waals surface area contributed by atoms with E-state index in [0.29, 0.717) is 23.0 Å². The summed E-state index contributed by atoms with van der Waals surface area (Å²) in [4.78, 5) is 49.0. The lowest BCUT2D eigenvalue weighted by molar-refractivity contribution is -0.385. The van der Waals surface area contributed by atoms with Gasteiger partial charge < -0.3 is 14.2 Å². The summed E-state index contributed by atoms with van der Waals surface area (Å²) in [6.07, 6.45) is 1.40. The van der Waals surface area contributed by atoms with Gasteiger partial charge in [0, 0.05) is 17.3 Å². The van der Waals surface area contributed by atoms with Crippen LogP contribution in [0, 0.1) is 30.9 Å². The molecule has 42 heavy (non-hydrogen) atoms. The van der Waals surface area contributed by atoms with Crippen LogP contribution in [0.25, 0.3) is 6.08 Å². The smallest absolute Gasteiger partial charge is 0.339 e. The number of anilines is 1. The van der Waals surface area contributed by atoms with Crippen LogP contribution in [0.2, 0.25) is 0 Å². The van der Waals surface area contributed by atoms with Gasteiger partial charge in [-0.15, -0.1) is 0 Å². The van der Waals surface area contributed by atoms with Crippen LogP contribution < -0.4 is 14.2 Å². The first-order valence-corrected chi connectivity index (χ1v) is 14.5. The van der Waals surface area contributed by atoms with E-state index in [1.807, 2.05) is 19.9 Å². The van der Waals surface area contributed by atoms with Crippen molar-refractivity contribution in [2.75, 3.05) is 19.0 Å². The van der Waals surface area contributed by atoms with Crippen molar-refractivity contribution in [2.45, 2.75) is 25.7 Å². The molecule has 0 unspecified atom stereocenters. The maximum Gasteiger partial charge on any atom is 0.339 e. The van der Waals surface area contributed by atoms with Gasteiger partial charge in [-0.25, -0.2) is 0 Å². The number of nitro groups is 1. The second kappa shape index (κ2) is 12.0. The van der Waals surface area contributed by atoms with E-state index >= 15 is 0 Å². The zero-order chi connectivity index (χ0) is 30.8. The number of thioether (sulfide) groups is 1. The molecule has 0 aliphatic carbocycles. The summed E-state index contributed by atoms with van der Waals surface area (Å²) in [7, 11) is -3.19. The van der Waals surface area contributed by atoms with Crippen molar-refractivity contribution in [1.82, 2.24) is 4.90 Å². The molecule has 0 atom stereocenters. The lowest BCUT2D eigenvalue weighted by Gasteiger charge is -2.13. The van der Waals surface area contributed by atoms with Gasteiger partial charge in [0.05, 0.1) is 16.9 Å². The predicted molar refractivity (Wildman–Crippen MR) is 156 cm³/mol. The van der Waals surface area contributed by atoms with Gasteiger partial charge >= 0.3 is 10.1 Å². The number of amides is 3. The average Bonchev–Trinajstić information content (AvgIpc) is 3.15. The monoisotopic (exact) mass is 611 g/mol. The summed E-state index contributed by atoms with van der Waals surface area (Å²) in [6, 6.07) is 13.0. The molecule has 0 saturated carbocycles. The number of ether oxygens (including phenoxy) is 1. The Kier molecular flexibility index (Phi) is 8.68. The number of hydrogen-bond donors (Lipinski definition) is 1. The van der Waals surface area contributed by atoms with Crippen LogP contribution in [-0.4, -0.2) is 48.9 Å². The van der Waals surface area contributed by atoms with Gasteiger partial charge in [-0.2, -0.15) is 8.42 Å². The van der Waals surface area contributed by atoms with Crippen molar-refractivity contribution in [3.63, 3.8) is 0 Å². The summed E-state index contributed by atoms with van der Waals surface area (Å²) in [5.41, 5.74) is 2.74. The topological polar surface area (TPSA) is 162 Å². The molecule has 0 spiro atoms. The molecular formula is C28H25N3O9S2. The van der Waals surface area contributed by atoms with Crippen molar-refractivity contribution in [1.29, 1.82) is 0 Å². The zero-order valence-electron chi connectivity index (χ0n) is 22.9. The molecule has 1 aliphatic heterocycles. The second-order valence-electron chi connectivity index (χ2n) is 9.35. The van der Waals surface area contributed by atoms with E-state index in [9.17, 15) is 32.9 Å². The molecular weight excluding hydrogens is 586 g/mol. The fraction of sp³-hybridized carbons (Fsp3) is 0.179. The third kappa shape index (κ3) is 6.78. The standard InChI is InChI=1S/C28H25N3O9S2/c1-16-9-17(2)11-20(10-16)29-26(32)15-30-27(33)25(41-28(30)34)13-19-6-8-23(24(12-19)39-4)40-42(37,38)21-7-5-18(3)22(14-21)31(35)36/h5-14H,15H2,1-4H3,(H,29,32)/b25-13-. The Morgan fingerprint density at radius 1 is 1.02 bits per heavy atom. The average molecular weight is 612 g/mol. The summed E-state index contributed by atoms with van der Waals surface area (Å²) in [6.45, 7) is 4.77. The highest BCUT2D eigenvalue weighted by Crippen LogP contribution is 2.36. The molecule has 12 nitrogen and oxygen atoms in total. The van der Waals surface area contributed by atoms with Gasteiger partial charge in [0.2, 0.25) is 5.91 Å². The first-order chi connectivity index (χ1) is 19.8. The zero-order valence-corrected chi connectivity index (χ0v) is 24.5. The van der Waals surface area contributed by atoms with Crippen LogP contribution in [0.5, 0.6) is 11.5 Å². The van der Waals surface area contributed by atoms with E-state index in [1.54, 1.807) is 12.1 Å². The highest BCUT2D eigenvalue weighted by Gasteiger charge is 2.36. The highest BCUT2D eigenvalue weighted by atomic mass is 32.2. The SMILES string of the molecule is COc1cc(/C=C2\SC(=O)N(CC(=O)Nc3cc(C)cc(C)c3)C2=O)ccc1OS(=O)(=O)c1ccc(C)c([N+](=O)[O-])c1. The predicted octanol–water partition coefficient (Wildman–Crippen LogP) is 4.97. The van der Waals surface area contributed by atoms with Gasteiger partial charge in [0.1, 0.15) is 11.4 Å². The third-order valence-corrected chi connectivity index (χ3v) is 8.17. The van der Waals surface area contributed by atoms with Crippen LogP contribution in [0.4, 0.5) is 16.2 Å². The Morgan fingerprint density at radius 2 is 1.71 bits per heavy atom. The van der Waals surface area contributed by atoms with E-state index in [0.717, 1.165) is 22.1 Å². The summed E-state index contributed by atoms with van der Waals surface area (Å²) < 4.78 is 36.1. The molecule has 0 aromatic heterocycles. The number of imide groups is 1. The Bertz CT molecular complexity index is 1750. The van der Waals surface area contributed by atoms with E-state index < -0.39 is 43.5 Å². The van der Waals surface area contributed by atoms with E-state index in [-0.39, 0.29) is 27.7 Å². The lowest BCUT2D eigenvalue weighted by atomic mass is 10.1. The van der Waals surface area contributed by atoms with Crippen LogP contribution in [-0.2, 0) is 19.7 Å². The van der Waals surface area contributed by atoms with Crippen molar-refractivity contribution in [3.8, 4) is 11.5 Å². The molecule has 4 rings (SSSR count). The number of carbonyl (C=O) groups is 3. The molecule has 3 aromatic rings. The first-order valence-electron chi connectivity index (χ1n) is 12.3. The third-order valence-electron chi connectivity index (χ3n) is 6.03. The van der Waals surface area contributed by atoms with Gasteiger partial charge in [0.15, 0.2) is 11.5 Å². The van der Waals surface area contributed by atoms with Crippen LogP contribution in [0.15, 0.2) is 64.4 Å². The second-order valence-corrected chi connectivity index (χ2v) is 11.9. The Morgan fingerprint density at radius 3 is 2.36 bits per heavy atom.